The molecular formula is C21H22N4O3. The van der Waals surface area contributed by atoms with Crippen molar-refractivity contribution in [2.75, 3.05) is 37.5 Å². The van der Waals surface area contributed by atoms with Gasteiger partial charge in [-0.2, -0.15) is 4.98 Å². The van der Waals surface area contributed by atoms with Crippen molar-refractivity contribution >= 4 is 17.5 Å². The number of benzene rings is 2. The Kier molecular flexibility index (Phi) is 5.42. The highest BCUT2D eigenvalue weighted by Crippen LogP contribution is 2.33. The monoisotopic (exact) mass is 378 g/mol. The number of hydrogen-bond donors (Lipinski definition) is 2. The van der Waals surface area contributed by atoms with Crippen molar-refractivity contribution in [3.63, 3.8) is 0 Å². The van der Waals surface area contributed by atoms with Crippen molar-refractivity contribution in [2.45, 2.75) is 6.42 Å². The largest absolute Gasteiger partial charge is 0.497 e. The molecule has 28 heavy (non-hydrogen) atoms. The lowest BCUT2D eigenvalue weighted by molar-refractivity contribution is 0.171. The molecule has 144 valence electrons. The molecule has 3 aromatic rings. The summed E-state index contributed by atoms with van der Waals surface area (Å²) >= 11 is 0. The molecule has 7 heteroatoms. The molecule has 0 saturated heterocycles. The molecule has 0 atom stereocenters. The molecule has 0 unspecified atom stereocenters. The SMILES string of the molecule is COc1cccc(CCNc2nccc(Nc3ccc4c(c3)OCCO4)n2)c1. The fourth-order valence-corrected chi connectivity index (χ4v) is 2.93. The molecule has 1 aliphatic rings. The maximum absolute atomic E-state index is 5.62. The molecule has 0 spiro atoms. The third kappa shape index (κ3) is 4.43. The van der Waals surface area contributed by atoms with Crippen LogP contribution in [0, 0.1) is 0 Å². The smallest absolute Gasteiger partial charge is 0.224 e. The van der Waals surface area contributed by atoms with E-state index in [0.29, 0.717) is 25.0 Å². The number of nitrogens with zero attached hydrogens (tertiary/aromatic N) is 2. The Bertz CT molecular complexity index is 948. The van der Waals surface area contributed by atoms with Crippen molar-refractivity contribution < 1.29 is 14.2 Å². The number of ether oxygens (including phenoxy) is 3. The van der Waals surface area contributed by atoms with Gasteiger partial charge in [0.15, 0.2) is 11.5 Å². The van der Waals surface area contributed by atoms with E-state index in [9.17, 15) is 0 Å². The number of hydrogen-bond acceptors (Lipinski definition) is 7. The fourth-order valence-electron chi connectivity index (χ4n) is 2.93. The maximum atomic E-state index is 5.62. The zero-order valence-electron chi connectivity index (χ0n) is 15.6. The first kappa shape index (κ1) is 17.9. The van der Waals surface area contributed by atoms with Crippen LogP contribution in [-0.2, 0) is 6.42 Å². The first-order valence-electron chi connectivity index (χ1n) is 9.17. The molecule has 2 heterocycles. The van der Waals surface area contributed by atoms with Crippen molar-refractivity contribution in [3.8, 4) is 17.2 Å². The number of fused-ring (bicyclic) bond motifs is 1. The van der Waals surface area contributed by atoms with E-state index in [0.717, 1.165) is 35.9 Å². The molecule has 1 aliphatic heterocycles. The first-order chi connectivity index (χ1) is 13.8. The van der Waals surface area contributed by atoms with Crippen LogP contribution in [0.25, 0.3) is 0 Å². The molecule has 0 bridgehead atoms. The average Bonchev–Trinajstić information content (AvgIpc) is 2.74. The van der Waals surface area contributed by atoms with Gasteiger partial charge in [-0.25, -0.2) is 4.98 Å². The van der Waals surface area contributed by atoms with Gasteiger partial charge in [-0.05, 0) is 42.3 Å². The van der Waals surface area contributed by atoms with Crippen LogP contribution in [0.3, 0.4) is 0 Å². The van der Waals surface area contributed by atoms with Gasteiger partial charge in [-0.1, -0.05) is 12.1 Å². The van der Waals surface area contributed by atoms with E-state index in [1.807, 2.05) is 42.5 Å². The number of rotatable bonds is 7. The summed E-state index contributed by atoms with van der Waals surface area (Å²) in [4.78, 5) is 8.80. The zero-order valence-corrected chi connectivity index (χ0v) is 15.6. The van der Waals surface area contributed by atoms with Crippen LogP contribution in [0.2, 0.25) is 0 Å². The number of aromatic nitrogens is 2. The average molecular weight is 378 g/mol. The highest BCUT2D eigenvalue weighted by molar-refractivity contribution is 5.62. The van der Waals surface area contributed by atoms with Crippen LogP contribution in [0.5, 0.6) is 17.2 Å². The van der Waals surface area contributed by atoms with Gasteiger partial charge in [0.05, 0.1) is 7.11 Å². The van der Waals surface area contributed by atoms with Crippen molar-refractivity contribution in [3.05, 3.63) is 60.3 Å². The third-order valence-corrected chi connectivity index (χ3v) is 4.30. The second-order valence-corrected chi connectivity index (χ2v) is 6.28. The molecule has 1 aromatic heterocycles. The summed E-state index contributed by atoms with van der Waals surface area (Å²) in [6.07, 6.45) is 2.57. The Hall–Kier alpha value is -3.48. The van der Waals surface area contributed by atoms with Crippen LogP contribution < -0.4 is 24.8 Å². The quantitative estimate of drug-likeness (QED) is 0.650. The zero-order chi connectivity index (χ0) is 19.2. The predicted octanol–water partition coefficient (Wildman–Crippen LogP) is 3.65. The lowest BCUT2D eigenvalue weighted by Crippen LogP contribution is -2.15. The minimum Gasteiger partial charge on any atom is -0.497 e. The molecule has 0 aliphatic carbocycles. The highest BCUT2D eigenvalue weighted by atomic mass is 16.6. The second kappa shape index (κ2) is 8.47. The fraction of sp³-hybridized carbons (Fsp3) is 0.238. The highest BCUT2D eigenvalue weighted by Gasteiger charge is 2.12. The van der Waals surface area contributed by atoms with Crippen molar-refractivity contribution in [1.82, 2.24) is 9.97 Å². The van der Waals surface area contributed by atoms with E-state index in [4.69, 9.17) is 14.2 Å². The van der Waals surface area contributed by atoms with Crippen molar-refractivity contribution in [1.29, 1.82) is 0 Å². The molecule has 4 rings (SSSR count). The lowest BCUT2D eigenvalue weighted by Gasteiger charge is -2.19. The molecule has 0 fully saturated rings. The van der Waals surface area contributed by atoms with Gasteiger partial charge < -0.3 is 24.8 Å². The lowest BCUT2D eigenvalue weighted by atomic mass is 10.1. The summed E-state index contributed by atoms with van der Waals surface area (Å²) in [5.74, 6) is 3.64. The summed E-state index contributed by atoms with van der Waals surface area (Å²) in [6.45, 7) is 1.86. The Labute approximate surface area is 163 Å². The summed E-state index contributed by atoms with van der Waals surface area (Å²) in [5.41, 5.74) is 2.07. The van der Waals surface area contributed by atoms with Gasteiger partial charge in [-0.3, -0.25) is 0 Å². The van der Waals surface area contributed by atoms with Gasteiger partial charge in [0.1, 0.15) is 24.8 Å². The van der Waals surface area contributed by atoms with E-state index in [1.54, 1.807) is 13.3 Å². The predicted molar refractivity (Wildman–Crippen MR) is 108 cm³/mol. The minimum atomic E-state index is 0.561. The van der Waals surface area contributed by atoms with Crippen LogP contribution in [-0.4, -0.2) is 36.8 Å². The van der Waals surface area contributed by atoms with Crippen LogP contribution in [0.4, 0.5) is 17.5 Å². The summed E-state index contributed by atoms with van der Waals surface area (Å²) in [6, 6.07) is 15.6. The standard InChI is InChI=1S/C21H22N4O3/c1-26-17-4-2-3-15(13-17)7-9-22-21-23-10-8-20(25-21)24-16-5-6-18-19(14-16)28-12-11-27-18/h2-6,8,10,13-14H,7,9,11-12H2,1H3,(H2,22,23,24,25). The van der Waals surface area contributed by atoms with E-state index in [2.05, 4.69) is 26.7 Å². The van der Waals surface area contributed by atoms with E-state index in [1.165, 1.54) is 5.56 Å². The first-order valence-corrected chi connectivity index (χ1v) is 9.17. The van der Waals surface area contributed by atoms with Crippen LogP contribution in [0.1, 0.15) is 5.56 Å². The molecular weight excluding hydrogens is 356 g/mol. The Morgan fingerprint density at radius 2 is 1.93 bits per heavy atom. The summed E-state index contributed by atoms with van der Waals surface area (Å²) in [7, 11) is 1.67. The normalized spacial score (nSPS) is 12.3. The van der Waals surface area contributed by atoms with Crippen LogP contribution >= 0.6 is 0 Å². The molecule has 7 nitrogen and oxygen atoms in total. The summed E-state index contributed by atoms with van der Waals surface area (Å²) in [5, 5.41) is 6.53. The van der Waals surface area contributed by atoms with Crippen LogP contribution in [0.15, 0.2) is 54.7 Å². The second-order valence-electron chi connectivity index (χ2n) is 6.28. The van der Waals surface area contributed by atoms with E-state index < -0.39 is 0 Å². The van der Waals surface area contributed by atoms with Gasteiger partial charge in [-0.15, -0.1) is 0 Å². The van der Waals surface area contributed by atoms with E-state index in [-0.39, 0.29) is 0 Å². The number of nitrogens with one attached hydrogen (secondary N) is 2. The Balaban J connectivity index is 1.36. The third-order valence-electron chi connectivity index (χ3n) is 4.30. The minimum absolute atomic E-state index is 0.561. The Morgan fingerprint density at radius 1 is 1.04 bits per heavy atom. The Morgan fingerprint density at radius 3 is 2.82 bits per heavy atom. The number of methoxy groups -OCH3 is 1. The molecule has 0 radical (unpaired) electrons. The van der Waals surface area contributed by atoms with Gasteiger partial charge in [0.25, 0.3) is 0 Å². The maximum Gasteiger partial charge on any atom is 0.224 e. The van der Waals surface area contributed by atoms with Crippen molar-refractivity contribution in [2.24, 2.45) is 0 Å². The molecule has 0 amide bonds. The number of anilines is 3. The molecule has 2 aromatic carbocycles. The van der Waals surface area contributed by atoms with Gasteiger partial charge in [0, 0.05) is 24.5 Å². The topological polar surface area (TPSA) is 77.5 Å². The van der Waals surface area contributed by atoms with Gasteiger partial charge >= 0.3 is 0 Å². The van der Waals surface area contributed by atoms with Gasteiger partial charge in [0.2, 0.25) is 5.95 Å². The molecule has 2 N–H and O–H groups in total. The molecule has 0 saturated carbocycles. The van der Waals surface area contributed by atoms with E-state index >= 15 is 0 Å². The summed E-state index contributed by atoms with van der Waals surface area (Å²) < 4.78 is 16.4.